The van der Waals surface area contributed by atoms with Crippen molar-refractivity contribution in [3.05, 3.63) is 29.8 Å². The number of rotatable bonds is 2. The van der Waals surface area contributed by atoms with E-state index in [1.807, 2.05) is 38.1 Å². The van der Waals surface area contributed by atoms with Gasteiger partial charge < -0.3 is 5.32 Å². The van der Waals surface area contributed by atoms with Crippen molar-refractivity contribution < 1.29 is 4.79 Å². The van der Waals surface area contributed by atoms with Crippen LogP contribution in [-0.2, 0) is 4.79 Å². The molecule has 0 aliphatic rings. The predicted octanol–water partition coefficient (Wildman–Crippen LogP) is 2.65. The lowest BCUT2D eigenvalue weighted by Gasteiger charge is -2.07. The zero-order valence-corrected chi connectivity index (χ0v) is 9.29. The Balaban J connectivity index is 2.71. The van der Waals surface area contributed by atoms with Gasteiger partial charge in [0.15, 0.2) is 0 Å². The second-order valence-corrected chi connectivity index (χ2v) is 3.60. The summed E-state index contributed by atoms with van der Waals surface area (Å²) in [5.74, 6) is 5.81. The summed E-state index contributed by atoms with van der Waals surface area (Å²) in [7, 11) is 0. The van der Waals surface area contributed by atoms with Crippen LogP contribution in [0.25, 0.3) is 0 Å². The van der Waals surface area contributed by atoms with E-state index in [2.05, 4.69) is 17.2 Å². The minimum absolute atomic E-state index is 0.000102. The highest BCUT2D eigenvalue weighted by Crippen LogP contribution is 2.10. The first-order valence-electron chi connectivity index (χ1n) is 4.97. The molecule has 1 amide bonds. The van der Waals surface area contributed by atoms with Crippen molar-refractivity contribution >= 4 is 11.6 Å². The number of hydrogen-bond acceptors (Lipinski definition) is 1. The first kappa shape index (κ1) is 11.3. The van der Waals surface area contributed by atoms with Crippen molar-refractivity contribution in [3.63, 3.8) is 0 Å². The molecule has 1 N–H and O–H groups in total. The second kappa shape index (κ2) is 5.21. The van der Waals surface area contributed by atoms with E-state index in [1.54, 1.807) is 6.92 Å². The molecule has 1 aromatic carbocycles. The van der Waals surface area contributed by atoms with E-state index in [1.165, 1.54) is 0 Å². The van der Waals surface area contributed by atoms with Crippen LogP contribution in [0.3, 0.4) is 0 Å². The van der Waals surface area contributed by atoms with E-state index < -0.39 is 0 Å². The summed E-state index contributed by atoms with van der Waals surface area (Å²) in [6, 6.07) is 7.51. The van der Waals surface area contributed by atoms with Gasteiger partial charge in [-0.1, -0.05) is 19.8 Å². The number of carbonyl (C=O) groups is 1. The average Bonchev–Trinajstić information content (AvgIpc) is 2.21. The molecule has 0 heterocycles. The molecule has 0 saturated heterocycles. The van der Waals surface area contributed by atoms with Crippen LogP contribution >= 0.6 is 0 Å². The average molecular weight is 201 g/mol. The molecule has 1 rings (SSSR count). The summed E-state index contributed by atoms with van der Waals surface area (Å²) in [6.07, 6.45) is 0. The molecule has 0 spiro atoms. The minimum atomic E-state index is 0.000102. The number of hydrogen-bond donors (Lipinski definition) is 1. The zero-order chi connectivity index (χ0) is 11.3. The normalized spacial score (nSPS) is 9.33. The van der Waals surface area contributed by atoms with Gasteiger partial charge in [0.05, 0.1) is 0 Å². The number of amides is 1. The Morgan fingerprint density at radius 3 is 2.33 bits per heavy atom. The molecule has 2 heteroatoms. The van der Waals surface area contributed by atoms with Gasteiger partial charge in [-0.25, -0.2) is 0 Å². The van der Waals surface area contributed by atoms with Crippen molar-refractivity contribution in [3.8, 4) is 11.8 Å². The predicted molar refractivity (Wildman–Crippen MR) is 62.5 cm³/mol. The highest BCUT2D eigenvalue weighted by molar-refractivity contribution is 5.92. The van der Waals surface area contributed by atoms with Gasteiger partial charge >= 0.3 is 0 Å². The van der Waals surface area contributed by atoms with Crippen molar-refractivity contribution in [1.82, 2.24) is 0 Å². The van der Waals surface area contributed by atoms with E-state index in [0.29, 0.717) is 0 Å². The lowest BCUT2D eigenvalue weighted by molar-refractivity contribution is -0.118. The Bertz CT molecular complexity index is 393. The van der Waals surface area contributed by atoms with Crippen LogP contribution in [0, 0.1) is 17.8 Å². The summed E-state index contributed by atoms with van der Waals surface area (Å²) in [6.45, 7) is 5.53. The molecule has 0 aliphatic heterocycles. The SMILES string of the molecule is CC#Cc1ccc(NC(=O)C(C)C)cc1. The van der Waals surface area contributed by atoms with Crippen LogP contribution in [0.15, 0.2) is 24.3 Å². The quantitative estimate of drug-likeness (QED) is 0.732. The van der Waals surface area contributed by atoms with Gasteiger partial charge in [0.1, 0.15) is 0 Å². The maximum atomic E-state index is 11.4. The summed E-state index contributed by atoms with van der Waals surface area (Å²) < 4.78 is 0. The second-order valence-electron chi connectivity index (χ2n) is 3.60. The molecule has 0 saturated carbocycles. The first-order valence-corrected chi connectivity index (χ1v) is 4.97. The Labute approximate surface area is 90.7 Å². The van der Waals surface area contributed by atoms with Crippen LogP contribution in [0.2, 0.25) is 0 Å². The topological polar surface area (TPSA) is 29.1 Å². The summed E-state index contributed by atoms with van der Waals surface area (Å²) >= 11 is 0. The zero-order valence-electron chi connectivity index (χ0n) is 9.29. The van der Waals surface area contributed by atoms with E-state index >= 15 is 0 Å². The maximum Gasteiger partial charge on any atom is 0.226 e. The molecule has 0 bridgehead atoms. The van der Waals surface area contributed by atoms with Crippen LogP contribution < -0.4 is 5.32 Å². The van der Waals surface area contributed by atoms with Gasteiger partial charge in [0, 0.05) is 17.2 Å². The van der Waals surface area contributed by atoms with Gasteiger partial charge in [0.2, 0.25) is 5.91 Å². The summed E-state index contributed by atoms with van der Waals surface area (Å²) in [4.78, 5) is 11.4. The van der Waals surface area contributed by atoms with Crippen molar-refractivity contribution in [1.29, 1.82) is 0 Å². The van der Waals surface area contributed by atoms with E-state index in [4.69, 9.17) is 0 Å². The maximum absolute atomic E-state index is 11.4. The van der Waals surface area contributed by atoms with Gasteiger partial charge in [-0.15, -0.1) is 5.92 Å². The number of nitrogens with one attached hydrogen (secondary N) is 1. The Kier molecular flexibility index (Phi) is 3.93. The molecule has 78 valence electrons. The molecule has 0 atom stereocenters. The first-order chi connectivity index (χ1) is 7.13. The van der Waals surface area contributed by atoms with Crippen LogP contribution in [-0.4, -0.2) is 5.91 Å². The minimum Gasteiger partial charge on any atom is -0.326 e. The molecular weight excluding hydrogens is 186 g/mol. The Morgan fingerprint density at radius 1 is 1.27 bits per heavy atom. The van der Waals surface area contributed by atoms with Crippen molar-refractivity contribution in [2.45, 2.75) is 20.8 Å². The standard InChI is InChI=1S/C13H15NO/c1-4-5-11-6-8-12(9-7-11)14-13(15)10(2)3/h6-10H,1-3H3,(H,14,15). The molecule has 2 nitrogen and oxygen atoms in total. The van der Waals surface area contributed by atoms with E-state index in [9.17, 15) is 4.79 Å². The smallest absolute Gasteiger partial charge is 0.226 e. The largest absolute Gasteiger partial charge is 0.326 e. The number of benzene rings is 1. The number of carbonyl (C=O) groups excluding carboxylic acids is 1. The Hall–Kier alpha value is -1.75. The highest BCUT2D eigenvalue weighted by Gasteiger charge is 2.06. The van der Waals surface area contributed by atoms with E-state index in [0.717, 1.165) is 11.3 Å². The van der Waals surface area contributed by atoms with Crippen LogP contribution in [0.1, 0.15) is 26.3 Å². The fraction of sp³-hybridized carbons (Fsp3) is 0.308. The highest BCUT2D eigenvalue weighted by atomic mass is 16.1. The fourth-order valence-electron chi connectivity index (χ4n) is 1.07. The molecule has 0 unspecified atom stereocenters. The van der Waals surface area contributed by atoms with Crippen LogP contribution in [0.5, 0.6) is 0 Å². The molecule has 1 aromatic rings. The lowest BCUT2D eigenvalue weighted by Crippen LogP contribution is -2.17. The van der Waals surface area contributed by atoms with Crippen molar-refractivity contribution in [2.24, 2.45) is 5.92 Å². The summed E-state index contributed by atoms with van der Waals surface area (Å²) in [5, 5.41) is 2.82. The Morgan fingerprint density at radius 2 is 1.87 bits per heavy atom. The van der Waals surface area contributed by atoms with E-state index in [-0.39, 0.29) is 11.8 Å². The number of anilines is 1. The lowest BCUT2D eigenvalue weighted by atomic mass is 10.2. The molecule has 15 heavy (non-hydrogen) atoms. The molecule has 0 fully saturated rings. The van der Waals surface area contributed by atoms with Crippen LogP contribution in [0.4, 0.5) is 5.69 Å². The molecule has 0 aromatic heterocycles. The monoisotopic (exact) mass is 201 g/mol. The molecular formula is C13H15NO. The van der Waals surface area contributed by atoms with Gasteiger partial charge in [-0.05, 0) is 31.2 Å². The third-order valence-corrected chi connectivity index (χ3v) is 1.95. The molecule has 0 aliphatic carbocycles. The van der Waals surface area contributed by atoms with Crippen molar-refractivity contribution in [2.75, 3.05) is 5.32 Å². The van der Waals surface area contributed by atoms with Gasteiger partial charge in [-0.3, -0.25) is 4.79 Å². The fourth-order valence-corrected chi connectivity index (χ4v) is 1.07. The third-order valence-electron chi connectivity index (χ3n) is 1.95. The third kappa shape index (κ3) is 3.47. The molecule has 0 radical (unpaired) electrons. The van der Waals surface area contributed by atoms with Gasteiger partial charge in [-0.2, -0.15) is 0 Å². The summed E-state index contributed by atoms with van der Waals surface area (Å²) in [5.41, 5.74) is 1.77. The van der Waals surface area contributed by atoms with Gasteiger partial charge in [0.25, 0.3) is 0 Å².